The van der Waals surface area contributed by atoms with Gasteiger partial charge in [-0.25, -0.2) is 0 Å². The first-order valence-corrected chi connectivity index (χ1v) is 6.72. The number of aliphatic hydroxyl groups excluding tert-OH is 1. The largest absolute Gasteiger partial charge is 0.467 e. The number of hydrogen-bond donors (Lipinski definition) is 2. The van der Waals surface area contributed by atoms with Crippen molar-refractivity contribution in [1.29, 1.82) is 0 Å². The molecular weight excluding hydrogens is 310 g/mol. The van der Waals surface area contributed by atoms with Crippen molar-refractivity contribution in [1.82, 2.24) is 5.32 Å². The number of benzene rings is 1. The molecule has 1 aromatic heterocycles. The molecule has 0 bridgehead atoms. The van der Waals surface area contributed by atoms with Gasteiger partial charge in [0, 0.05) is 11.0 Å². The summed E-state index contributed by atoms with van der Waals surface area (Å²) >= 11 is 3.32. The minimum atomic E-state index is -0.700. The molecule has 0 saturated heterocycles. The van der Waals surface area contributed by atoms with E-state index >= 15 is 0 Å². The molecule has 19 heavy (non-hydrogen) atoms. The quantitative estimate of drug-likeness (QED) is 0.889. The van der Waals surface area contributed by atoms with Crippen LogP contribution < -0.4 is 5.32 Å². The Morgan fingerprint density at radius 2 is 2.11 bits per heavy atom. The second-order valence-corrected chi connectivity index (χ2v) is 4.91. The molecule has 1 aromatic carbocycles. The van der Waals surface area contributed by atoms with Crippen molar-refractivity contribution in [3.8, 4) is 0 Å². The average molecular weight is 324 g/mol. The Balaban J connectivity index is 1.83. The summed E-state index contributed by atoms with van der Waals surface area (Å²) in [7, 11) is 0. The average Bonchev–Trinajstić information content (AvgIpc) is 2.93. The number of amides is 1. The van der Waals surface area contributed by atoms with E-state index in [0.717, 1.165) is 4.47 Å². The van der Waals surface area contributed by atoms with Crippen LogP contribution in [0.5, 0.6) is 0 Å². The Kier molecular flexibility index (Phi) is 4.76. The molecule has 0 saturated carbocycles. The molecule has 0 radical (unpaired) electrons. The first kappa shape index (κ1) is 13.8. The van der Waals surface area contributed by atoms with Crippen LogP contribution in [0.4, 0.5) is 0 Å². The summed E-state index contributed by atoms with van der Waals surface area (Å²) in [5.74, 6) is 0.342. The fourth-order valence-electron chi connectivity index (χ4n) is 1.69. The topological polar surface area (TPSA) is 62.5 Å². The van der Waals surface area contributed by atoms with Crippen molar-refractivity contribution in [2.75, 3.05) is 6.54 Å². The van der Waals surface area contributed by atoms with Crippen LogP contribution in [0.1, 0.15) is 28.6 Å². The summed E-state index contributed by atoms with van der Waals surface area (Å²) < 4.78 is 5.84. The number of carbonyl (C=O) groups is 1. The van der Waals surface area contributed by atoms with Gasteiger partial charge in [-0.1, -0.05) is 12.1 Å². The molecule has 1 heterocycles. The highest BCUT2D eigenvalue weighted by molar-refractivity contribution is 9.10. The van der Waals surface area contributed by atoms with E-state index in [1.807, 2.05) is 12.1 Å². The molecule has 0 aliphatic heterocycles. The molecule has 1 amide bonds. The van der Waals surface area contributed by atoms with Crippen LogP contribution in [0.2, 0.25) is 0 Å². The lowest BCUT2D eigenvalue weighted by Crippen LogP contribution is -2.25. The van der Waals surface area contributed by atoms with E-state index in [9.17, 15) is 9.90 Å². The monoisotopic (exact) mass is 323 g/mol. The minimum absolute atomic E-state index is 0.167. The van der Waals surface area contributed by atoms with Gasteiger partial charge in [0.2, 0.25) is 0 Å². The first-order valence-electron chi connectivity index (χ1n) is 5.92. The highest BCUT2D eigenvalue weighted by Gasteiger charge is 2.12. The van der Waals surface area contributed by atoms with Crippen molar-refractivity contribution in [2.45, 2.75) is 12.5 Å². The van der Waals surface area contributed by atoms with E-state index in [1.165, 1.54) is 6.26 Å². The highest BCUT2D eigenvalue weighted by Crippen LogP contribution is 2.17. The number of hydrogen-bond acceptors (Lipinski definition) is 3. The van der Waals surface area contributed by atoms with E-state index in [4.69, 9.17) is 4.42 Å². The standard InChI is InChI=1S/C14H14BrNO3/c15-11-5-2-1-4-10(11)14(18)16-8-7-12(17)13-6-3-9-19-13/h1-6,9,12,17H,7-8H2,(H,16,18)/t12-/m0/s1. The second-order valence-electron chi connectivity index (χ2n) is 4.06. The molecule has 0 spiro atoms. The van der Waals surface area contributed by atoms with Gasteiger partial charge < -0.3 is 14.8 Å². The molecule has 100 valence electrons. The van der Waals surface area contributed by atoms with Crippen molar-refractivity contribution in [3.05, 3.63) is 58.5 Å². The van der Waals surface area contributed by atoms with E-state index in [2.05, 4.69) is 21.2 Å². The molecule has 0 aliphatic carbocycles. The van der Waals surface area contributed by atoms with Crippen molar-refractivity contribution < 1.29 is 14.3 Å². The van der Waals surface area contributed by atoms with Crippen molar-refractivity contribution in [2.24, 2.45) is 0 Å². The number of carbonyl (C=O) groups excluding carboxylic acids is 1. The number of aliphatic hydroxyl groups is 1. The SMILES string of the molecule is O=C(NCC[C@H](O)c1ccco1)c1ccccc1Br. The molecule has 2 N–H and O–H groups in total. The third kappa shape index (κ3) is 3.68. The van der Waals surface area contributed by atoms with Gasteiger partial charge in [0.1, 0.15) is 11.9 Å². The van der Waals surface area contributed by atoms with Gasteiger partial charge in [0.15, 0.2) is 0 Å². The normalized spacial score (nSPS) is 12.1. The molecule has 2 aromatic rings. The lowest BCUT2D eigenvalue weighted by molar-refractivity contribution is 0.0935. The summed E-state index contributed by atoms with van der Waals surface area (Å²) in [6, 6.07) is 10.6. The van der Waals surface area contributed by atoms with E-state index < -0.39 is 6.10 Å². The smallest absolute Gasteiger partial charge is 0.252 e. The molecular formula is C14H14BrNO3. The number of nitrogens with one attached hydrogen (secondary N) is 1. The molecule has 0 aliphatic rings. The molecule has 0 unspecified atom stereocenters. The zero-order chi connectivity index (χ0) is 13.7. The van der Waals surface area contributed by atoms with Gasteiger partial charge in [-0.15, -0.1) is 0 Å². The van der Waals surface area contributed by atoms with Crippen LogP contribution in [0.25, 0.3) is 0 Å². The molecule has 0 fully saturated rings. The van der Waals surface area contributed by atoms with Crippen LogP contribution in [0.3, 0.4) is 0 Å². The van der Waals surface area contributed by atoms with Gasteiger partial charge in [0.25, 0.3) is 5.91 Å². The van der Waals surface area contributed by atoms with Crippen LogP contribution >= 0.6 is 15.9 Å². The predicted molar refractivity (Wildman–Crippen MR) is 74.8 cm³/mol. The zero-order valence-corrected chi connectivity index (χ0v) is 11.8. The van der Waals surface area contributed by atoms with Crippen LogP contribution in [-0.4, -0.2) is 17.6 Å². The first-order chi connectivity index (χ1) is 9.18. The molecule has 1 atom stereocenters. The maximum Gasteiger partial charge on any atom is 0.252 e. The number of halogens is 1. The minimum Gasteiger partial charge on any atom is -0.467 e. The molecule has 2 rings (SSSR count). The fraction of sp³-hybridized carbons (Fsp3) is 0.214. The van der Waals surface area contributed by atoms with Gasteiger partial charge >= 0.3 is 0 Å². The van der Waals surface area contributed by atoms with Crippen molar-refractivity contribution >= 4 is 21.8 Å². The van der Waals surface area contributed by atoms with Gasteiger partial charge in [-0.3, -0.25) is 4.79 Å². The number of rotatable bonds is 5. The van der Waals surface area contributed by atoms with Crippen LogP contribution in [0, 0.1) is 0 Å². The van der Waals surface area contributed by atoms with Crippen LogP contribution in [0.15, 0.2) is 51.6 Å². The predicted octanol–water partition coefficient (Wildman–Crippen LogP) is 2.90. The Bertz CT molecular complexity index is 539. The van der Waals surface area contributed by atoms with Gasteiger partial charge in [0.05, 0.1) is 11.8 Å². The zero-order valence-electron chi connectivity index (χ0n) is 10.2. The Morgan fingerprint density at radius 3 is 2.79 bits per heavy atom. The molecule has 5 heteroatoms. The summed E-state index contributed by atoms with van der Waals surface area (Å²) in [4.78, 5) is 11.9. The third-order valence-electron chi connectivity index (χ3n) is 2.69. The van der Waals surface area contributed by atoms with Gasteiger partial charge in [-0.05, 0) is 46.6 Å². The van der Waals surface area contributed by atoms with E-state index in [1.54, 1.807) is 24.3 Å². The lowest BCUT2D eigenvalue weighted by Gasteiger charge is -2.09. The van der Waals surface area contributed by atoms with Crippen molar-refractivity contribution in [3.63, 3.8) is 0 Å². The summed E-state index contributed by atoms with van der Waals surface area (Å²) in [6.07, 6.45) is 1.22. The Labute approximate surface area is 119 Å². The highest BCUT2D eigenvalue weighted by atomic mass is 79.9. The lowest BCUT2D eigenvalue weighted by atomic mass is 10.2. The summed E-state index contributed by atoms with van der Waals surface area (Å²) in [5, 5.41) is 12.6. The number of furan rings is 1. The summed E-state index contributed by atoms with van der Waals surface area (Å²) in [6.45, 7) is 0.377. The Hall–Kier alpha value is -1.59. The maximum absolute atomic E-state index is 11.9. The fourth-order valence-corrected chi connectivity index (χ4v) is 2.15. The maximum atomic E-state index is 11.9. The third-order valence-corrected chi connectivity index (χ3v) is 3.38. The van der Waals surface area contributed by atoms with Crippen LogP contribution in [-0.2, 0) is 0 Å². The van der Waals surface area contributed by atoms with E-state index in [-0.39, 0.29) is 5.91 Å². The second kappa shape index (κ2) is 6.54. The molecule has 4 nitrogen and oxygen atoms in total. The van der Waals surface area contributed by atoms with Gasteiger partial charge in [-0.2, -0.15) is 0 Å². The summed E-state index contributed by atoms with van der Waals surface area (Å²) in [5.41, 5.74) is 0.579. The Morgan fingerprint density at radius 1 is 1.32 bits per heavy atom. The van der Waals surface area contributed by atoms with E-state index in [0.29, 0.717) is 24.3 Å².